The van der Waals surface area contributed by atoms with Gasteiger partial charge in [-0.25, -0.2) is 0 Å². The van der Waals surface area contributed by atoms with E-state index in [1.807, 2.05) is 13.2 Å². The number of ether oxygens (including phenoxy) is 2. The molecule has 23 heavy (non-hydrogen) atoms. The van der Waals surface area contributed by atoms with Gasteiger partial charge in [0.05, 0.1) is 12.7 Å². The molecule has 0 amide bonds. The number of nitrogens with zero attached hydrogens (tertiary/aromatic N) is 1. The highest BCUT2D eigenvalue weighted by molar-refractivity contribution is 5.13. The Balaban J connectivity index is 1.37. The lowest BCUT2D eigenvalue weighted by Gasteiger charge is -2.43. The third-order valence-corrected chi connectivity index (χ3v) is 5.67. The molecule has 1 aliphatic heterocycles. The standard InChI is InChI=1S/C20H31NO2/c1-22-19-10-5-11-20(19)12-6-13-21(17-20)14-7-15-23-16-18-8-3-2-4-9-18/h2-4,8-9,19H,5-7,10-17H2,1H3/t19-,20-/m1/s1. The van der Waals surface area contributed by atoms with Crippen molar-refractivity contribution >= 4 is 0 Å². The van der Waals surface area contributed by atoms with Crippen molar-refractivity contribution in [1.29, 1.82) is 0 Å². The van der Waals surface area contributed by atoms with Crippen LogP contribution in [-0.2, 0) is 16.1 Å². The summed E-state index contributed by atoms with van der Waals surface area (Å²) in [5, 5.41) is 0. The summed E-state index contributed by atoms with van der Waals surface area (Å²) in [5.41, 5.74) is 1.70. The zero-order valence-electron chi connectivity index (χ0n) is 14.5. The summed E-state index contributed by atoms with van der Waals surface area (Å²) in [4.78, 5) is 2.65. The van der Waals surface area contributed by atoms with Crippen LogP contribution in [0.25, 0.3) is 0 Å². The number of rotatable bonds is 7. The number of methoxy groups -OCH3 is 1. The first-order chi connectivity index (χ1) is 11.3. The van der Waals surface area contributed by atoms with Crippen molar-refractivity contribution in [3.63, 3.8) is 0 Å². The fraction of sp³-hybridized carbons (Fsp3) is 0.700. The smallest absolute Gasteiger partial charge is 0.0716 e. The van der Waals surface area contributed by atoms with Gasteiger partial charge >= 0.3 is 0 Å². The van der Waals surface area contributed by atoms with E-state index in [0.29, 0.717) is 11.5 Å². The first kappa shape index (κ1) is 16.9. The molecule has 3 heteroatoms. The van der Waals surface area contributed by atoms with Crippen LogP contribution in [-0.4, -0.2) is 44.4 Å². The van der Waals surface area contributed by atoms with Gasteiger partial charge in [0.25, 0.3) is 0 Å². The van der Waals surface area contributed by atoms with E-state index in [1.54, 1.807) is 0 Å². The van der Waals surface area contributed by atoms with Crippen LogP contribution in [0.3, 0.4) is 0 Å². The van der Waals surface area contributed by atoms with Crippen LogP contribution in [0.5, 0.6) is 0 Å². The third kappa shape index (κ3) is 4.34. The predicted octanol–water partition coefficient (Wildman–Crippen LogP) is 3.87. The Morgan fingerprint density at radius 3 is 2.83 bits per heavy atom. The highest BCUT2D eigenvalue weighted by atomic mass is 16.5. The highest BCUT2D eigenvalue weighted by Gasteiger charge is 2.45. The van der Waals surface area contributed by atoms with Crippen LogP contribution in [0.4, 0.5) is 0 Å². The van der Waals surface area contributed by atoms with Gasteiger partial charge in [0.1, 0.15) is 0 Å². The van der Waals surface area contributed by atoms with Crippen LogP contribution in [0, 0.1) is 5.41 Å². The van der Waals surface area contributed by atoms with Gasteiger partial charge in [0.15, 0.2) is 0 Å². The maximum atomic E-state index is 5.82. The average molecular weight is 317 g/mol. The number of hydrogen-bond acceptors (Lipinski definition) is 3. The second-order valence-corrected chi connectivity index (χ2v) is 7.25. The molecular weight excluding hydrogens is 286 g/mol. The van der Waals surface area contributed by atoms with E-state index >= 15 is 0 Å². The quantitative estimate of drug-likeness (QED) is 0.713. The molecule has 0 bridgehead atoms. The number of piperidine rings is 1. The summed E-state index contributed by atoms with van der Waals surface area (Å²) < 4.78 is 11.6. The van der Waals surface area contributed by atoms with Gasteiger partial charge < -0.3 is 14.4 Å². The Hall–Kier alpha value is -0.900. The second kappa shape index (κ2) is 8.27. The molecule has 1 aromatic rings. The minimum atomic E-state index is 0.442. The van der Waals surface area contributed by atoms with E-state index in [1.165, 1.54) is 50.8 Å². The Kier molecular flexibility index (Phi) is 6.09. The first-order valence-corrected chi connectivity index (χ1v) is 9.19. The second-order valence-electron chi connectivity index (χ2n) is 7.25. The SMILES string of the molecule is CO[C@@H]1CCC[C@]12CCCN(CCCOCc1ccccc1)C2. The molecule has 3 rings (SSSR count). The lowest BCUT2D eigenvalue weighted by Crippen LogP contribution is -2.48. The molecule has 0 radical (unpaired) electrons. The summed E-state index contributed by atoms with van der Waals surface area (Å²) in [5.74, 6) is 0. The maximum absolute atomic E-state index is 5.82. The fourth-order valence-corrected chi connectivity index (χ4v) is 4.54. The van der Waals surface area contributed by atoms with Crippen molar-refractivity contribution in [2.75, 3.05) is 33.4 Å². The molecule has 0 unspecified atom stereocenters. The summed E-state index contributed by atoms with van der Waals surface area (Å²) in [6.07, 6.45) is 8.24. The molecule has 1 saturated carbocycles. The average Bonchev–Trinajstić information content (AvgIpc) is 2.97. The van der Waals surface area contributed by atoms with Crippen molar-refractivity contribution in [3.8, 4) is 0 Å². The van der Waals surface area contributed by atoms with E-state index in [4.69, 9.17) is 9.47 Å². The Labute approximate surface area is 141 Å². The molecule has 2 aliphatic rings. The van der Waals surface area contributed by atoms with Crippen LogP contribution in [0.1, 0.15) is 44.1 Å². The van der Waals surface area contributed by atoms with Crippen LogP contribution < -0.4 is 0 Å². The topological polar surface area (TPSA) is 21.7 Å². The Morgan fingerprint density at radius 1 is 1.17 bits per heavy atom. The molecule has 3 nitrogen and oxygen atoms in total. The third-order valence-electron chi connectivity index (χ3n) is 5.67. The van der Waals surface area contributed by atoms with Crippen LogP contribution in [0.2, 0.25) is 0 Å². The molecule has 2 fully saturated rings. The van der Waals surface area contributed by atoms with Gasteiger partial charge in [0, 0.05) is 32.2 Å². The molecule has 2 atom stereocenters. The molecule has 128 valence electrons. The number of hydrogen-bond donors (Lipinski definition) is 0. The van der Waals surface area contributed by atoms with Crippen molar-refractivity contribution in [2.45, 2.75) is 51.2 Å². The predicted molar refractivity (Wildman–Crippen MR) is 93.5 cm³/mol. The van der Waals surface area contributed by atoms with E-state index in [9.17, 15) is 0 Å². The van der Waals surface area contributed by atoms with Crippen molar-refractivity contribution in [2.24, 2.45) is 5.41 Å². The van der Waals surface area contributed by atoms with E-state index in [0.717, 1.165) is 26.2 Å². The molecular formula is C20H31NO2. The van der Waals surface area contributed by atoms with Gasteiger partial charge in [-0.1, -0.05) is 36.8 Å². The number of likely N-dealkylation sites (tertiary alicyclic amines) is 1. The van der Waals surface area contributed by atoms with Gasteiger partial charge in [-0.3, -0.25) is 0 Å². The molecule has 0 aromatic heterocycles. The summed E-state index contributed by atoms with van der Waals surface area (Å²) in [6.45, 7) is 5.22. The molecule has 0 N–H and O–H groups in total. The monoisotopic (exact) mass is 317 g/mol. The summed E-state index contributed by atoms with van der Waals surface area (Å²) in [7, 11) is 1.90. The van der Waals surface area contributed by atoms with E-state index in [-0.39, 0.29) is 0 Å². The molecule has 1 saturated heterocycles. The lowest BCUT2D eigenvalue weighted by molar-refractivity contribution is -0.0362. The molecule has 1 heterocycles. The Morgan fingerprint density at radius 2 is 2.00 bits per heavy atom. The zero-order chi connectivity index (χ0) is 16.0. The van der Waals surface area contributed by atoms with E-state index in [2.05, 4.69) is 29.2 Å². The zero-order valence-corrected chi connectivity index (χ0v) is 14.5. The Bertz CT molecular complexity index is 464. The normalized spacial score (nSPS) is 28.5. The van der Waals surface area contributed by atoms with E-state index < -0.39 is 0 Å². The van der Waals surface area contributed by atoms with Gasteiger partial charge in [0.2, 0.25) is 0 Å². The number of benzene rings is 1. The van der Waals surface area contributed by atoms with Gasteiger partial charge in [-0.15, -0.1) is 0 Å². The summed E-state index contributed by atoms with van der Waals surface area (Å²) >= 11 is 0. The van der Waals surface area contributed by atoms with Gasteiger partial charge in [-0.2, -0.15) is 0 Å². The minimum Gasteiger partial charge on any atom is -0.381 e. The van der Waals surface area contributed by atoms with Crippen LogP contribution >= 0.6 is 0 Å². The van der Waals surface area contributed by atoms with Crippen LogP contribution in [0.15, 0.2) is 30.3 Å². The molecule has 1 aliphatic carbocycles. The fourth-order valence-electron chi connectivity index (χ4n) is 4.54. The van der Waals surface area contributed by atoms with Crippen molar-refractivity contribution in [1.82, 2.24) is 4.90 Å². The minimum absolute atomic E-state index is 0.442. The van der Waals surface area contributed by atoms with Crippen molar-refractivity contribution in [3.05, 3.63) is 35.9 Å². The first-order valence-electron chi connectivity index (χ1n) is 9.19. The van der Waals surface area contributed by atoms with Gasteiger partial charge in [-0.05, 0) is 44.2 Å². The largest absolute Gasteiger partial charge is 0.381 e. The highest BCUT2D eigenvalue weighted by Crippen LogP contribution is 2.46. The molecule has 1 aromatic carbocycles. The maximum Gasteiger partial charge on any atom is 0.0716 e. The lowest BCUT2D eigenvalue weighted by atomic mass is 9.76. The van der Waals surface area contributed by atoms with Crippen molar-refractivity contribution < 1.29 is 9.47 Å². The summed E-state index contributed by atoms with van der Waals surface area (Å²) in [6, 6.07) is 10.4. The molecule has 1 spiro atoms.